The second kappa shape index (κ2) is 2.42. The van der Waals surface area contributed by atoms with Gasteiger partial charge in [0.05, 0.1) is 0 Å². The standard InChI is InChI=1S/C10H10O2/c11-7-10(12)5-8-3-1-2-4-9(8)6-10/h1-4,7,12H,5-6H2. The predicted octanol–water partition coefficient (Wildman–Crippen LogP) is 0.715. The van der Waals surface area contributed by atoms with Crippen LogP contribution in [0.25, 0.3) is 0 Å². The van der Waals surface area contributed by atoms with E-state index in [4.69, 9.17) is 0 Å². The van der Waals surface area contributed by atoms with Crippen molar-refractivity contribution in [3.8, 4) is 0 Å². The maximum atomic E-state index is 10.5. The highest BCUT2D eigenvalue weighted by molar-refractivity contribution is 5.66. The summed E-state index contributed by atoms with van der Waals surface area (Å²) in [6.45, 7) is 0. The van der Waals surface area contributed by atoms with Crippen molar-refractivity contribution in [1.82, 2.24) is 0 Å². The third-order valence-electron chi connectivity index (χ3n) is 2.33. The van der Waals surface area contributed by atoms with Crippen LogP contribution in [0.1, 0.15) is 11.1 Å². The predicted molar refractivity (Wildman–Crippen MR) is 44.9 cm³/mol. The molecule has 2 heteroatoms. The average Bonchev–Trinajstić information content (AvgIpc) is 2.42. The summed E-state index contributed by atoms with van der Waals surface area (Å²) in [5.41, 5.74) is 1.04. The number of carbonyl (C=O) groups excluding carboxylic acids is 1. The molecule has 2 nitrogen and oxygen atoms in total. The molecule has 0 spiro atoms. The van der Waals surface area contributed by atoms with Gasteiger partial charge < -0.3 is 9.90 Å². The molecule has 1 aliphatic carbocycles. The molecule has 0 aromatic heterocycles. The number of aldehydes is 1. The first-order valence-electron chi connectivity index (χ1n) is 3.99. The fourth-order valence-corrected chi connectivity index (χ4v) is 1.71. The maximum absolute atomic E-state index is 10.5. The highest BCUT2D eigenvalue weighted by Gasteiger charge is 2.34. The summed E-state index contributed by atoms with van der Waals surface area (Å²) >= 11 is 0. The summed E-state index contributed by atoms with van der Waals surface area (Å²) in [6.07, 6.45) is 1.58. The maximum Gasteiger partial charge on any atom is 0.152 e. The van der Waals surface area contributed by atoms with Gasteiger partial charge in [0.1, 0.15) is 5.60 Å². The summed E-state index contributed by atoms with van der Waals surface area (Å²) in [5.74, 6) is 0. The molecular weight excluding hydrogens is 152 g/mol. The van der Waals surface area contributed by atoms with Gasteiger partial charge >= 0.3 is 0 Å². The minimum absolute atomic E-state index is 0.465. The molecule has 0 unspecified atom stereocenters. The first-order chi connectivity index (χ1) is 5.73. The fraction of sp³-hybridized carbons (Fsp3) is 0.300. The summed E-state index contributed by atoms with van der Waals surface area (Å²) in [4.78, 5) is 10.5. The Kier molecular flexibility index (Phi) is 1.51. The molecule has 0 saturated heterocycles. The van der Waals surface area contributed by atoms with Gasteiger partial charge in [-0.1, -0.05) is 24.3 Å². The Bertz CT molecular complexity index is 292. The quantitative estimate of drug-likeness (QED) is 0.618. The fourth-order valence-electron chi connectivity index (χ4n) is 1.71. The molecule has 0 radical (unpaired) electrons. The molecule has 1 aromatic carbocycles. The lowest BCUT2D eigenvalue weighted by Gasteiger charge is -2.11. The smallest absolute Gasteiger partial charge is 0.152 e. The van der Waals surface area contributed by atoms with Crippen molar-refractivity contribution in [2.75, 3.05) is 0 Å². The largest absolute Gasteiger partial charge is 0.382 e. The lowest BCUT2D eigenvalue weighted by molar-refractivity contribution is -0.123. The number of hydrogen-bond acceptors (Lipinski definition) is 2. The van der Waals surface area contributed by atoms with Crippen LogP contribution in [0.3, 0.4) is 0 Å². The van der Waals surface area contributed by atoms with Gasteiger partial charge in [0, 0.05) is 12.8 Å². The molecule has 0 heterocycles. The Morgan fingerprint density at radius 3 is 2.17 bits per heavy atom. The summed E-state index contributed by atoms with van der Waals surface area (Å²) in [6, 6.07) is 7.76. The van der Waals surface area contributed by atoms with Gasteiger partial charge in [0.25, 0.3) is 0 Å². The van der Waals surface area contributed by atoms with E-state index in [1.165, 1.54) is 0 Å². The number of rotatable bonds is 1. The van der Waals surface area contributed by atoms with Crippen molar-refractivity contribution >= 4 is 6.29 Å². The molecule has 62 valence electrons. The second-order valence-electron chi connectivity index (χ2n) is 3.34. The van der Waals surface area contributed by atoms with E-state index in [9.17, 15) is 9.90 Å². The van der Waals surface area contributed by atoms with E-state index >= 15 is 0 Å². The van der Waals surface area contributed by atoms with Crippen LogP contribution in [0.15, 0.2) is 24.3 Å². The Morgan fingerprint density at radius 1 is 1.25 bits per heavy atom. The minimum atomic E-state index is -1.14. The molecule has 0 fully saturated rings. The van der Waals surface area contributed by atoms with E-state index in [0.717, 1.165) is 11.1 Å². The van der Waals surface area contributed by atoms with Crippen LogP contribution in [-0.4, -0.2) is 17.0 Å². The third-order valence-corrected chi connectivity index (χ3v) is 2.33. The Labute approximate surface area is 70.8 Å². The molecule has 0 aliphatic heterocycles. The lowest BCUT2D eigenvalue weighted by atomic mass is 10.0. The van der Waals surface area contributed by atoms with E-state index < -0.39 is 5.60 Å². The van der Waals surface area contributed by atoms with Crippen molar-refractivity contribution in [2.24, 2.45) is 0 Å². The highest BCUT2D eigenvalue weighted by Crippen LogP contribution is 2.28. The average molecular weight is 162 g/mol. The summed E-state index contributed by atoms with van der Waals surface area (Å²) < 4.78 is 0. The highest BCUT2D eigenvalue weighted by atomic mass is 16.3. The van der Waals surface area contributed by atoms with E-state index in [0.29, 0.717) is 19.1 Å². The van der Waals surface area contributed by atoms with Crippen molar-refractivity contribution in [3.05, 3.63) is 35.4 Å². The normalized spacial score (nSPS) is 18.8. The molecule has 1 aromatic rings. The number of carbonyl (C=O) groups is 1. The second-order valence-corrected chi connectivity index (χ2v) is 3.34. The Morgan fingerprint density at radius 2 is 1.75 bits per heavy atom. The van der Waals surface area contributed by atoms with Crippen LogP contribution < -0.4 is 0 Å². The van der Waals surface area contributed by atoms with E-state index in [2.05, 4.69) is 0 Å². The first kappa shape index (κ1) is 7.50. The van der Waals surface area contributed by atoms with Gasteiger partial charge in [-0.25, -0.2) is 0 Å². The van der Waals surface area contributed by atoms with Crippen LogP contribution >= 0.6 is 0 Å². The zero-order chi connectivity index (χ0) is 8.60. The minimum Gasteiger partial charge on any atom is -0.382 e. The molecule has 1 N–H and O–H groups in total. The summed E-state index contributed by atoms with van der Waals surface area (Å²) in [5, 5.41) is 9.65. The molecule has 12 heavy (non-hydrogen) atoms. The Balaban J connectivity index is 2.39. The van der Waals surface area contributed by atoms with Crippen LogP contribution in [0.5, 0.6) is 0 Å². The zero-order valence-corrected chi connectivity index (χ0v) is 6.66. The Hall–Kier alpha value is -1.15. The molecule has 0 amide bonds. The molecule has 0 bridgehead atoms. The monoisotopic (exact) mass is 162 g/mol. The van der Waals surface area contributed by atoms with Crippen LogP contribution in [0, 0.1) is 0 Å². The number of fused-ring (bicyclic) bond motifs is 1. The van der Waals surface area contributed by atoms with Crippen LogP contribution in [0.4, 0.5) is 0 Å². The molecule has 1 aliphatic rings. The molecular formula is C10H10O2. The first-order valence-corrected chi connectivity index (χ1v) is 3.99. The number of hydrogen-bond donors (Lipinski definition) is 1. The van der Waals surface area contributed by atoms with E-state index in [-0.39, 0.29) is 0 Å². The van der Waals surface area contributed by atoms with Crippen molar-refractivity contribution in [1.29, 1.82) is 0 Å². The van der Waals surface area contributed by atoms with Crippen molar-refractivity contribution < 1.29 is 9.90 Å². The number of benzene rings is 1. The van der Waals surface area contributed by atoms with Crippen molar-refractivity contribution in [3.63, 3.8) is 0 Å². The summed E-state index contributed by atoms with van der Waals surface area (Å²) in [7, 11) is 0. The lowest BCUT2D eigenvalue weighted by Crippen LogP contribution is -2.30. The van der Waals surface area contributed by atoms with Gasteiger partial charge in [-0.2, -0.15) is 0 Å². The molecule has 2 rings (SSSR count). The third kappa shape index (κ3) is 1.04. The van der Waals surface area contributed by atoms with Gasteiger partial charge in [-0.05, 0) is 11.1 Å². The topological polar surface area (TPSA) is 37.3 Å². The van der Waals surface area contributed by atoms with Gasteiger partial charge in [0.2, 0.25) is 0 Å². The van der Waals surface area contributed by atoms with Gasteiger partial charge in [-0.15, -0.1) is 0 Å². The van der Waals surface area contributed by atoms with Crippen molar-refractivity contribution in [2.45, 2.75) is 18.4 Å². The molecule has 0 saturated carbocycles. The van der Waals surface area contributed by atoms with Crippen LogP contribution in [-0.2, 0) is 17.6 Å². The van der Waals surface area contributed by atoms with E-state index in [1.54, 1.807) is 0 Å². The van der Waals surface area contributed by atoms with Gasteiger partial charge in [0.15, 0.2) is 6.29 Å². The molecule has 0 atom stereocenters. The SMILES string of the molecule is O=CC1(O)Cc2ccccc2C1. The van der Waals surface area contributed by atoms with Crippen LogP contribution in [0.2, 0.25) is 0 Å². The number of aliphatic hydroxyl groups is 1. The van der Waals surface area contributed by atoms with E-state index in [1.807, 2.05) is 24.3 Å². The van der Waals surface area contributed by atoms with Gasteiger partial charge in [-0.3, -0.25) is 0 Å². The zero-order valence-electron chi connectivity index (χ0n) is 6.66.